The summed E-state index contributed by atoms with van der Waals surface area (Å²) in [5, 5.41) is 3.08. The molecule has 0 aliphatic heterocycles. The van der Waals surface area contributed by atoms with Gasteiger partial charge in [-0.25, -0.2) is 0 Å². The van der Waals surface area contributed by atoms with E-state index >= 15 is 0 Å². The van der Waals surface area contributed by atoms with Gasteiger partial charge < -0.3 is 19.7 Å². The summed E-state index contributed by atoms with van der Waals surface area (Å²) in [7, 11) is 1.60. The molecule has 6 heteroatoms. The van der Waals surface area contributed by atoms with Crippen LogP contribution in [0.5, 0.6) is 11.5 Å². The second kappa shape index (κ2) is 13.3. The number of aryl methyl sites for hydroxylation is 1. The largest absolute Gasteiger partial charge is 0.497 e. The first-order valence-corrected chi connectivity index (χ1v) is 12.4. The summed E-state index contributed by atoms with van der Waals surface area (Å²) in [6, 6.07) is 24.2. The Morgan fingerprint density at radius 1 is 0.889 bits per heavy atom. The minimum Gasteiger partial charge on any atom is -0.497 e. The second-order valence-corrected chi connectivity index (χ2v) is 8.99. The molecule has 6 nitrogen and oxygen atoms in total. The third-order valence-electron chi connectivity index (χ3n) is 6.17. The molecule has 0 aromatic heterocycles. The van der Waals surface area contributed by atoms with E-state index < -0.39 is 6.04 Å². The molecule has 3 aromatic rings. The summed E-state index contributed by atoms with van der Waals surface area (Å²) in [4.78, 5) is 28.7. The highest BCUT2D eigenvalue weighted by Gasteiger charge is 2.31. The van der Waals surface area contributed by atoms with Gasteiger partial charge in [-0.05, 0) is 55.7 Å². The van der Waals surface area contributed by atoms with Crippen LogP contribution in [0.2, 0.25) is 0 Å². The first kappa shape index (κ1) is 26.8. The fraction of sp³-hybridized carbons (Fsp3) is 0.333. The summed E-state index contributed by atoms with van der Waals surface area (Å²) in [6.07, 6.45) is 1.21. The molecule has 1 N–H and O–H groups in total. The summed E-state index contributed by atoms with van der Waals surface area (Å²) in [5.41, 5.74) is 3.07. The molecule has 0 saturated heterocycles. The zero-order valence-electron chi connectivity index (χ0n) is 21.6. The summed E-state index contributed by atoms with van der Waals surface area (Å²) in [5.74, 6) is 0.840. The lowest BCUT2D eigenvalue weighted by Gasteiger charge is -2.32. The van der Waals surface area contributed by atoms with E-state index in [0.29, 0.717) is 24.5 Å². The smallest absolute Gasteiger partial charge is 0.261 e. The Hall–Kier alpha value is -3.80. The Balaban J connectivity index is 1.88. The molecule has 3 aromatic carbocycles. The standard InChI is InChI=1S/C30H36N2O4/c1-5-23(3)31-30(34)28(19-24-9-7-6-8-10-24)32(20-25-13-11-22(2)12-14-25)29(33)21-36-27-17-15-26(35-4)16-18-27/h6-18,23,28H,5,19-21H2,1-4H3,(H,31,34)/t23-,28-/m1/s1. The number of amides is 2. The topological polar surface area (TPSA) is 67.9 Å². The maximum atomic E-state index is 13.6. The third kappa shape index (κ3) is 7.87. The fourth-order valence-corrected chi connectivity index (χ4v) is 3.79. The number of nitrogens with one attached hydrogen (secondary N) is 1. The number of methoxy groups -OCH3 is 1. The lowest BCUT2D eigenvalue weighted by Crippen LogP contribution is -2.53. The molecular weight excluding hydrogens is 452 g/mol. The Morgan fingerprint density at radius 2 is 1.53 bits per heavy atom. The molecule has 0 bridgehead atoms. The molecule has 2 atom stereocenters. The monoisotopic (exact) mass is 488 g/mol. The van der Waals surface area contributed by atoms with Crippen LogP contribution in [0.4, 0.5) is 0 Å². The van der Waals surface area contributed by atoms with E-state index in [1.165, 1.54) is 0 Å². The highest BCUT2D eigenvalue weighted by molar-refractivity contribution is 5.88. The van der Waals surface area contributed by atoms with Gasteiger partial charge >= 0.3 is 0 Å². The molecular formula is C30H36N2O4. The van der Waals surface area contributed by atoms with Crippen molar-refractivity contribution in [2.24, 2.45) is 0 Å². The molecule has 0 unspecified atom stereocenters. The maximum absolute atomic E-state index is 13.6. The average Bonchev–Trinajstić information content (AvgIpc) is 2.91. The zero-order valence-corrected chi connectivity index (χ0v) is 21.6. The van der Waals surface area contributed by atoms with Crippen molar-refractivity contribution in [2.75, 3.05) is 13.7 Å². The van der Waals surface area contributed by atoms with Crippen LogP contribution < -0.4 is 14.8 Å². The molecule has 0 spiro atoms. The normalized spacial score (nSPS) is 12.3. The van der Waals surface area contributed by atoms with E-state index in [-0.39, 0.29) is 24.5 Å². The predicted octanol–water partition coefficient (Wildman–Crippen LogP) is 4.94. The fourth-order valence-electron chi connectivity index (χ4n) is 3.79. The van der Waals surface area contributed by atoms with Crippen LogP contribution in [0, 0.1) is 6.92 Å². The van der Waals surface area contributed by atoms with Crippen LogP contribution in [0.25, 0.3) is 0 Å². The minimum absolute atomic E-state index is 0.00245. The summed E-state index contributed by atoms with van der Waals surface area (Å²) < 4.78 is 11.0. The molecule has 190 valence electrons. The quantitative estimate of drug-likeness (QED) is 0.392. The van der Waals surface area contributed by atoms with Gasteiger partial charge in [0.25, 0.3) is 5.91 Å². The van der Waals surface area contributed by atoms with E-state index in [9.17, 15) is 9.59 Å². The van der Waals surface area contributed by atoms with Crippen LogP contribution in [0.15, 0.2) is 78.9 Å². The Morgan fingerprint density at radius 3 is 2.14 bits per heavy atom. The number of ether oxygens (including phenoxy) is 2. The van der Waals surface area contributed by atoms with Gasteiger partial charge in [0.2, 0.25) is 5.91 Å². The van der Waals surface area contributed by atoms with Gasteiger partial charge in [0.05, 0.1) is 7.11 Å². The van der Waals surface area contributed by atoms with Crippen molar-refractivity contribution < 1.29 is 19.1 Å². The molecule has 0 aliphatic rings. The summed E-state index contributed by atoms with van der Waals surface area (Å²) >= 11 is 0. The lowest BCUT2D eigenvalue weighted by atomic mass is 10.0. The molecule has 0 heterocycles. The van der Waals surface area contributed by atoms with E-state index in [2.05, 4.69) is 5.32 Å². The van der Waals surface area contributed by atoms with Gasteiger partial charge in [0.15, 0.2) is 6.61 Å². The van der Waals surface area contributed by atoms with Crippen LogP contribution in [0.3, 0.4) is 0 Å². The number of hydrogen-bond acceptors (Lipinski definition) is 4. The first-order chi connectivity index (χ1) is 17.4. The van der Waals surface area contributed by atoms with E-state index in [1.54, 1.807) is 36.3 Å². The Kier molecular flexibility index (Phi) is 9.92. The van der Waals surface area contributed by atoms with Gasteiger partial charge in [0.1, 0.15) is 17.5 Å². The van der Waals surface area contributed by atoms with Gasteiger partial charge in [-0.3, -0.25) is 9.59 Å². The van der Waals surface area contributed by atoms with Crippen molar-refractivity contribution in [1.29, 1.82) is 0 Å². The lowest BCUT2D eigenvalue weighted by molar-refractivity contribution is -0.143. The number of carbonyl (C=O) groups excluding carboxylic acids is 2. The zero-order chi connectivity index (χ0) is 25.9. The number of nitrogens with zero attached hydrogens (tertiary/aromatic N) is 1. The third-order valence-corrected chi connectivity index (χ3v) is 6.17. The molecule has 0 aliphatic carbocycles. The highest BCUT2D eigenvalue weighted by atomic mass is 16.5. The Bertz CT molecular complexity index is 1100. The molecule has 3 rings (SSSR count). The van der Waals surface area contributed by atoms with Crippen LogP contribution >= 0.6 is 0 Å². The predicted molar refractivity (Wildman–Crippen MR) is 142 cm³/mol. The molecule has 0 saturated carbocycles. The molecule has 0 radical (unpaired) electrons. The second-order valence-electron chi connectivity index (χ2n) is 8.99. The van der Waals surface area contributed by atoms with Crippen LogP contribution in [-0.2, 0) is 22.6 Å². The van der Waals surface area contributed by atoms with Crippen molar-refractivity contribution in [1.82, 2.24) is 10.2 Å². The van der Waals surface area contributed by atoms with Crippen molar-refractivity contribution in [3.63, 3.8) is 0 Å². The SMILES string of the molecule is CC[C@@H](C)NC(=O)[C@@H](Cc1ccccc1)N(Cc1ccc(C)cc1)C(=O)COc1ccc(OC)cc1. The van der Waals surface area contributed by atoms with Gasteiger partial charge in [-0.15, -0.1) is 0 Å². The van der Waals surface area contributed by atoms with Crippen molar-refractivity contribution in [2.45, 2.75) is 52.2 Å². The minimum atomic E-state index is -0.685. The molecule has 2 amide bonds. The van der Waals surface area contributed by atoms with E-state index in [0.717, 1.165) is 23.1 Å². The molecule has 36 heavy (non-hydrogen) atoms. The van der Waals surface area contributed by atoms with Crippen molar-refractivity contribution in [3.8, 4) is 11.5 Å². The Labute approximate surface area is 214 Å². The van der Waals surface area contributed by atoms with Gasteiger partial charge in [-0.2, -0.15) is 0 Å². The van der Waals surface area contributed by atoms with E-state index in [1.807, 2.05) is 75.4 Å². The van der Waals surface area contributed by atoms with Gasteiger partial charge in [-0.1, -0.05) is 67.1 Å². The summed E-state index contributed by atoms with van der Waals surface area (Å²) in [6.45, 7) is 6.13. The van der Waals surface area contributed by atoms with Crippen LogP contribution in [-0.4, -0.2) is 42.5 Å². The van der Waals surface area contributed by atoms with Crippen molar-refractivity contribution >= 4 is 11.8 Å². The van der Waals surface area contributed by atoms with Crippen molar-refractivity contribution in [3.05, 3.63) is 95.6 Å². The van der Waals surface area contributed by atoms with Gasteiger partial charge in [0, 0.05) is 19.0 Å². The number of benzene rings is 3. The average molecular weight is 489 g/mol. The first-order valence-electron chi connectivity index (χ1n) is 12.4. The number of rotatable bonds is 12. The van der Waals surface area contributed by atoms with E-state index in [4.69, 9.17) is 9.47 Å². The number of hydrogen-bond donors (Lipinski definition) is 1. The van der Waals surface area contributed by atoms with Crippen LogP contribution in [0.1, 0.15) is 37.0 Å². The molecule has 0 fully saturated rings. The maximum Gasteiger partial charge on any atom is 0.261 e. The number of carbonyl (C=O) groups is 2. The highest BCUT2D eigenvalue weighted by Crippen LogP contribution is 2.19.